The number of nitrogens with one attached hydrogen (secondary N) is 1. The molecule has 100 valence electrons. The molecule has 1 fully saturated rings. The molecule has 1 aromatic rings. The number of hydrogen-bond donors (Lipinski definition) is 1. The molecule has 1 heteroatoms. The molecule has 0 aliphatic heterocycles. The molecule has 4 atom stereocenters. The second-order valence-corrected chi connectivity index (χ2v) is 6.26. The SMILES string of the molecule is Cc1ccc([C@@H](C)NC2CCC(C)C(C)C2)cc1. The summed E-state index contributed by atoms with van der Waals surface area (Å²) in [5.74, 6) is 1.76. The molecule has 0 heterocycles. The molecule has 0 aromatic heterocycles. The van der Waals surface area contributed by atoms with Gasteiger partial charge in [-0.2, -0.15) is 0 Å². The number of aryl methyl sites for hydroxylation is 1. The first-order valence-electron chi connectivity index (χ1n) is 7.39. The highest BCUT2D eigenvalue weighted by Gasteiger charge is 2.25. The molecule has 0 bridgehead atoms. The van der Waals surface area contributed by atoms with E-state index in [0.29, 0.717) is 12.1 Å². The van der Waals surface area contributed by atoms with Gasteiger partial charge in [-0.15, -0.1) is 0 Å². The molecule has 0 spiro atoms. The van der Waals surface area contributed by atoms with Crippen LogP contribution in [0.3, 0.4) is 0 Å². The summed E-state index contributed by atoms with van der Waals surface area (Å²) in [6.07, 6.45) is 4.04. The van der Waals surface area contributed by atoms with Crippen LogP contribution in [0, 0.1) is 18.8 Å². The van der Waals surface area contributed by atoms with E-state index in [-0.39, 0.29) is 0 Å². The molecule has 0 amide bonds. The third-order valence-electron chi connectivity index (χ3n) is 4.66. The van der Waals surface area contributed by atoms with Crippen molar-refractivity contribution < 1.29 is 0 Å². The van der Waals surface area contributed by atoms with E-state index in [2.05, 4.69) is 57.3 Å². The van der Waals surface area contributed by atoms with Gasteiger partial charge in [0.2, 0.25) is 0 Å². The van der Waals surface area contributed by atoms with Gasteiger partial charge in [-0.1, -0.05) is 43.7 Å². The van der Waals surface area contributed by atoms with Gasteiger partial charge < -0.3 is 5.32 Å². The van der Waals surface area contributed by atoms with E-state index in [9.17, 15) is 0 Å². The van der Waals surface area contributed by atoms with Gasteiger partial charge in [-0.05, 0) is 50.5 Å². The lowest BCUT2D eigenvalue weighted by Gasteiger charge is -2.34. The molecule has 18 heavy (non-hydrogen) atoms. The maximum absolute atomic E-state index is 3.81. The first-order chi connectivity index (χ1) is 8.56. The summed E-state index contributed by atoms with van der Waals surface area (Å²) in [7, 11) is 0. The van der Waals surface area contributed by atoms with Crippen LogP contribution in [0.5, 0.6) is 0 Å². The molecule has 1 aromatic carbocycles. The van der Waals surface area contributed by atoms with Crippen molar-refractivity contribution in [2.75, 3.05) is 0 Å². The highest BCUT2D eigenvalue weighted by atomic mass is 14.9. The zero-order chi connectivity index (χ0) is 13.1. The predicted octanol–water partition coefficient (Wildman–Crippen LogP) is 4.47. The first kappa shape index (κ1) is 13.6. The highest BCUT2D eigenvalue weighted by molar-refractivity contribution is 5.23. The van der Waals surface area contributed by atoms with Crippen LogP contribution in [0.1, 0.15) is 57.2 Å². The second kappa shape index (κ2) is 5.88. The van der Waals surface area contributed by atoms with Crippen molar-refractivity contribution in [1.82, 2.24) is 5.32 Å². The summed E-state index contributed by atoms with van der Waals surface area (Å²) < 4.78 is 0. The minimum absolute atomic E-state index is 0.469. The van der Waals surface area contributed by atoms with Gasteiger partial charge in [-0.25, -0.2) is 0 Å². The minimum atomic E-state index is 0.469. The van der Waals surface area contributed by atoms with E-state index in [1.54, 1.807) is 0 Å². The van der Waals surface area contributed by atoms with E-state index < -0.39 is 0 Å². The second-order valence-electron chi connectivity index (χ2n) is 6.26. The Hall–Kier alpha value is -0.820. The van der Waals surface area contributed by atoms with Crippen LogP contribution < -0.4 is 5.32 Å². The van der Waals surface area contributed by atoms with Gasteiger partial charge in [0.25, 0.3) is 0 Å². The molecule has 2 rings (SSSR count). The van der Waals surface area contributed by atoms with Gasteiger partial charge in [0.05, 0.1) is 0 Å². The predicted molar refractivity (Wildman–Crippen MR) is 78.7 cm³/mol. The summed E-state index contributed by atoms with van der Waals surface area (Å²) in [6.45, 7) is 9.22. The van der Waals surface area contributed by atoms with E-state index in [1.807, 2.05) is 0 Å². The van der Waals surface area contributed by atoms with E-state index in [4.69, 9.17) is 0 Å². The summed E-state index contributed by atoms with van der Waals surface area (Å²) >= 11 is 0. The van der Waals surface area contributed by atoms with Crippen molar-refractivity contribution in [2.45, 2.75) is 59.0 Å². The first-order valence-corrected chi connectivity index (χ1v) is 7.39. The van der Waals surface area contributed by atoms with Gasteiger partial charge in [0.1, 0.15) is 0 Å². The zero-order valence-electron chi connectivity index (χ0n) is 12.2. The Kier molecular flexibility index (Phi) is 4.45. The number of rotatable bonds is 3. The van der Waals surface area contributed by atoms with Crippen LogP contribution in [0.15, 0.2) is 24.3 Å². The molecule has 1 saturated carbocycles. The average Bonchev–Trinajstić information content (AvgIpc) is 2.34. The Balaban J connectivity index is 1.91. The molecule has 0 saturated heterocycles. The monoisotopic (exact) mass is 245 g/mol. The fraction of sp³-hybridized carbons (Fsp3) is 0.647. The molecule has 1 N–H and O–H groups in total. The zero-order valence-corrected chi connectivity index (χ0v) is 12.2. The normalized spacial score (nSPS) is 30.1. The van der Waals surface area contributed by atoms with Crippen LogP contribution >= 0.6 is 0 Å². The Morgan fingerprint density at radius 2 is 1.72 bits per heavy atom. The lowest BCUT2D eigenvalue weighted by Crippen LogP contribution is -2.37. The Morgan fingerprint density at radius 3 is 2.33 bits per heavy atom. The van der Waals surface area contributed by atoms with Crippen LogP contribution in [0.25, 0.3) is 0 Å². The van der Waals surface area contributed by atoms with Gasteiger partial charge in [-0.3, -0.25) is 0 Å². The summed E-state index contributed by atoms with van der Waals surface area (Å²) in [5.41, 5.74) is 2.75. The molecule has 3 unspecified atom stereocenters. The quantitative estimate of drug-likeness (QED) is 0.828. The molecular formula is C17H27N. The third-order valence-corrected chi connectivity index (χ3v) is 4.66. The molecule has 1 nitrogen and oxygen atoms in total. The molecule has 0 radical (unpaired) electrons. The summed E-state index contributed by atoms with van der Waals surface area (Å²) in [4.78, 5) is 0. The fourth-order valence-electron chi connectivity index (χ4n) is 3.00. The fourth-order valence-corrected chi connectivity index (χ4v) is 3.00. The van der Waals surface area contributed by atoms with Gasteiger partial charge in [0, 0.05) is 12.1 Å². The van der Waals surface area contributed by atoms with Crippen molar-refractivity contribution in [3.63, 3.8) is 0 Å². The van der Waals surface area contributed by atoms with Crippen LogP contribution in [-0.2, 0) is 0 Å². The van der Waals surface area contributed by atoms with Crippen LogP contribution in [0.2, 0.25) is 0 Å². The largest absolute Gasteiger partial charge is 0.307 e. The van der Waals surface area contributed by atoms with Crippen molar-refractivity contribution in [3.05, 3.63) is 35.4 Å². The molecule has 1 aliphatic rings. The molecular weight excluding hydrogens is 218 g/mol. The smallest absolute Gasteiger partial charge is 0.0294 e. The van der Waals surface area contributed by atoms with E-state index >= 15 is 0 Å². The van der Waals surface area contributed by atoms with Crippen LogP contribution in [0.4, 0.5) is 0 Å². The lowest BCUT2D eigenvalue weighted by molar-refractivity contribution is 0.217. The number of hydrogen-bond acceptors (Lipinski definition) is 1. The standard InChI is InChI=1S/C17H27N/c1-12-5-8-16(9-6-12)15(4)18-17-10-7-13(2)14(3)11-17/h5-6,8-9,13-15,17-18H,7,10-11H2,1-4H3/t13?,14?,15-,17?/m1/s1. The van der Waals surface area contributed by atoms with Crippen molar-refractivity contribution in [3.8, 4) is 0 Å². The Bertz CT molecular complexity index is 368. The Labute approximate surface area is 112 Å². The maximum atomic E-state index is 3.81. The topological polar surface area (TPSA) is 12.0 Å². The average molecular weight is 245 g/mol. The van der Waals surface area contributed by atoms with E-state index in [0.717, 1.165) is 11.8 Å². The number of benzene rings is 1. The van der Waals surface area contributed by atoms with E-state index in [1.165, 1.54) is 30.4 Å². The minimum Gasteiger partial charge on any atom is -0.307 e. The summed E-state index contributed by atoms with van der Waals surface area (Å²) in [6, 6.07) is 10.1. The van der Waals surface area contributed by atoms with Crippen molar-refractivity contribution >= 4 is 0 Å². The highest BCUT2D eigenvalue weighted by Crippen LogP contribution is 2.30. The third kappa shape index (κ3) is 3.35. The lowest BCUT2D eigenvalue weighted by atomic mass is 9.79. The summed E-state index contributed by atoms with van der Waals surface area (Å²) in [5, 5.41) is 3.81. The maximum Gasteiger partial charge on any atom is 0.0294 e. The van der Waals surface area contributed by atoms with Gasteiger partial charge in [0.15, 0.2) is 0 Å². The van der Waals surface area contributed by atoms with Crippen molar-refractivity contribution in [2.24, 2.45) is 11.8 Å². The molecule has 1 aliphatic carbocycles. The van der Waals surface area contributed by atoms with Crippen LogP contribution in [-0.4, -0.2) is 6.04 Å². The van der Waals surface area contributed by atoms with Gasteiger partial charge >= 0.3 is 0 Å². The van der Waals surface area contributed by atoms with Crippen molar-refractivity contribution in [1.29, 1.82) is 0 Å². The Morgan fingerprint density at radius 1 is 1.06 bits per heavy atom.